The second-order valence-electron chi connectivity index (χ2n) is 17.3. The number of hydrogen-bond donors (Lipinski definition) is 1. The molecule has 7 rings (SSSR count). The van der Waals surface area contributed by atoms with Crippen molar-refractivity contribution in [2.45, 2.75) is 119 Å². The summed E-state index contributed by atoms with van der Waals surface area (Å²) in [5.41, 5.74) is 12.7. The van der Waals surface area contributed by atoms with E-state index in [0.717, 1.165) is 54.9 Å². The van der Waals surface area contributed by atoms with E-state index in [2.05, 4.69) is 156 Å². The van der Waals surface area contributed by atoms with E-state index in [1.807, 2.05) is 12.1 Å². The molecule has 0 amide bonds. The van der Waals surface area contributed by atoms with Crippen LogP contribution in [0.2, 0.25) is 0 Å². The lowest BCUT2D eigenvalue weighted by Crippen LogP contribution is -2.08. The molecule has 0 unspecified atom stereocenters. The van der Waals surface area contributed by atoms with Gasteiger partial charge in [0.05, 0.1) is 0 Å². The van der Waals surface area contributed by atoms with Gasteiger partial charge in [-0.1, -0.05) is 156 Å². The molecule has 1 aliphatic rings. The lowest BCUT2D eigenvalue weighted by molar-refractivity contribution is 0.295. The van der Waals surface area contributed by atoms with Crippen molar-refractivity contribution in [1.29, 1.82) is 0 Å². The fourth-order valence-corrected chi connectivity index (χ4v) is 9.96. The SMILES string of the molecule is CC(C)c1ccc(C(C)C)c(C(C)C)c1-c1cc2ccccc2c2c1OP(=O)(O)Oc1c(-c3c(C(C)C)ccc(C(C)C)c3C(C)C)cc3ccccc3c1-2. The molecule has 0 saturated heterocycles. The molecule has 286 valence electrons. The van der Waals surface area contributed by atoms with Crippen molar-refractivity contribution in [3.63, 3.8) is 0 Å². The fraction of sp³-hybridized carbons (Fsp3) is 0.360. The van der Waals surface area contributed by atoms with Crippen LogP contribution < -0.4 is 9.05 Å². The third kappa shape index (κ3) is 6.70. The number of rotatable bonds is 8. The molecule has 0 saturated carbocycles. The summed E-state index contributed by atoms with van der Waals surface area (Å²) in [4.78, 5) is 12.0. The summed E-state index contributed by atoms with van der Waals surface area (Å²) in [5.74, 6) is 2.10. The van der Waals surface area contributed by atoms with Crippen molar-refractivity contribution in [2.75, 3.05) is 0 Å². The average Bonchev–Trinajstić information content (AvgIpc) is 3.25. The van der Waals surface area contributed by atoms with E-state index in [1.165, 1.54) is 33.4 Å². The number of phosphoric acid groups is 1. The average molecular weight is 753 g/mol. The van der Waals surface area contributed by atoms with Gasteiger partial charge >= 0.3 is 7.82 Å². The summed E-state index contributed by atoms with van der Waals surface area (Å²) in [6.45, 7) is 26.8. The first-order chi connectivity index (χ1) is 26.0. The molecule has 4 nitrogen and oxygen atoms in total. The van der Waals surface area contributed by atoms with Crippen molar-refractivity contribution in [2.24, 2.45) is 0 Å². The Labute approximate surface area is 328 Å². The standard InChI is InChI=1S/C50H57O4P/c1-27(2)35-21-23-37(29(5)6)45(43(35)31(9)10)41-25-33-17-13-15-19-39(33)47-48-40-20-16-14-18-34(40)26-42(50(48)54-55(51,52)53-49(41)47)46-38(30(7)8)24-22-36(28(3)4)44(46)32(11)12/h13-32H,1-12H3,(H,51,52). The summed E-state index contributed by atoms with van der Waals surface area (Å²) in [6.07, 6.45) is 0. The highest BCUT2D eigenvalue weighted by atomic mass is 31.2. The Morgan fingerprint density at radius 1 is 0.436 bits per heavy atom. The molecule has 0 aromatic heterocycles. The Hall–Kier alpha value is -4.37. The van der Waals surface area contributed by atoms with E-state index in [0.29, 0.717) is 11.5 Å². The molecule has 0 fully saturated rings. The van der Waals surface area contributed by atoms with E-state index in [-0.39, 0.29) is 35.5 Å². The molecule has 0 radical (unpaired) electrons. The first-order valence-electron chi connectivity index (χ1n) is 20.2. The smallest absolute Gasteiger partial charge is 0.394 e. The molecule has 6 aromatic carbocycles. The molecule has 1 heterocycles. The summed E-state index contributed by atoms with van der Waals surface area (Å²) in [5, 5.41) is 3.94. The van der Waals surface area contributed by atoms with Crippen molar-refractivity contribution in [1.82, 2.24) is 0 Å². The number of hydrogen-bond acceptors (Lipinski definition) is 3. The van der Waals surface area contributed by atoms with Crippen LogP contribution in [0.1, 0.15) is 152 Å². The lowest BCUT2D eigenvalue weighted by Gasteiger charge is -2.27. The van der Waals surface area contributed by atoms with Gasteiger partial charge in [0.2, 0.25) is 0 Å². The van der Waals surface area contributed by atoms with Crippen LogP contribution in [0.5, 0.6) is 11.5 Å². The summed E-state index contributed by atoms with van der Waals surface area (Å²) >= 11 is 0. The van der Waals surface area contributed by atoms with Crippen molar-refractivity contribution in [3.05, 3.63) is 118 Å². The molecule has 0 atom stereocenters. The van der Waals surface area contributed by atoms with Gasteiger partial charge in [0.25, 0.3) is 0 Å². The third-order valence-corrected chi connectivity index (χ3v) is 12.3. The maximum Gasteiger partial charge on any atom is 0.584 e. The topological polar surface area (TPSA) is 55.8 Å². The highest BCUT2D eigenvalue weighted by Crippen LogP contribution is 2.63. The van der Waals surface area contributed by atoms with Crippen LogP contribution in [0.15, 0.2) is 84.9 Å². The van der Waals surface area contributed by atoms with Gasteiger partial charge in [0, 0.05) is 22.3 Å². The molecule has 0 aliphatic carbocycles. The zero-order valence-corrected chi connectivity index (χ0v) is 35.6. The van der Waals surface area contributed by atoms with Crippen molar-refractivity contribution in [3.8, 4) is 44.9 Å². The first kappa shape index (κ1) is 38.9. The van der Waals surface area contributed by atoms with Crippen LogP contribution in [0.25, 0.3) is 54.9 Å². The van der Waals surface area contributed by atoms with Crippen LogP contribution in [0.4, 0.5) is 0 Å². The van der Waals surface area contributed by atoms with Gasteiger partial charge in [-0.3, -0.25) is 4.89 Å². The van der Waals surface area contributed by atoms with Crippen LogP contribution in [0, 0.1) is 0 Å². The highest BCUT2D eigenvalue weighted by molar-refractivity contribution is 7.48. The molecule has 6 aromatic rings. The zero-order valence-electron chi connectivity index (χ0n) is 34.7. The Balaban J connectivity index is 1.76. The maximum atomic E-state index is 14.8. The predicted octanol–water partition coefficient (Wildman–Crippen LogP) is 15.6. The summed E-state index contributed by atoms with van der Waals surface area (Å²) in [7, 11) is -4.76. The normalized spacial score (nSPS) is 13.9. The van der Waals surface area contributed by atoms with Gasteiger partial charge in [0.15, 0.2) is 0 Å². The van der Waals surface area contributed by atoms with Crippen LogP contribution in [-0.4, -0.2) is 4.89 Å². The molecular formula is C50H57O4P. The van der Waals surface area contributed by atoms with Gasteiger partial charge in [-0.05, 0) is 114 Å². The Morgan fingerprint density at radius 3 is 1.09 bits per heavy atom. The van der Waals surface area contributed by atoms with Gasteiger partial charge in [-0.2, -0.15) is 0 Å². The van der Waals surface area contributed by atoms with Crippen molar-refractivity contribution >= 4 is 29.4 Å². The minimum absolute atomic E-state index is 0.188. The molecular weight excluding hydrogens is 696 g/mol. The molecule has 55 heavy (non-hydrogen) atoms. The minimum atomic E-state index is -4.76. The summed E-state index contributed by atoms with van der Waals surface area (Å²) < 4.78 is 27.8. The number of fused-ring (bicyclic) bond motifs is 7. The molecule has 1 N–H and O–H groups in total. The molecule has 0 bridgehead atoms. The van der Waals surface area contributed by atoms with Crippen molar-refractivity contribution < 1.29 is 18.5 Å². The van der Waals surface area contributed by atoms with Gasteiger partial charge in [0.1, 0.15) is 11.5 Å². The Kier molecular flexibility index (Phi) is 10.3. The summed E-state index contributed by atoms with van der Waals surface area (Å²) in [6, 6.07) is 30.1. The van der Waals surface area contributed by atoms with E-state index in [9.17, 15) is 9.46 Å². The predicted molar refractivity (Wildman–Crippen MR) is 233 cm³/mol. The molecule has 5 heteroatoms. The second kappa shape index (κ2) is 14.6. The highest BCUT2D eigenvalue weighted by Gasteiger charge is 2.39. The number of benzene rings is 6. The van der Waals surface area contributed by atoms with Gasteiger partial charge < -0.3 is 9.05 Å². The Morgan fingerprint density at radius 2 is 0.764 bits per heavy atom. The maximum absolute atomic E-state index is 14.8. The van der Waals surface area contributed by atoms with E-state index < -0.39 is 7.82 Å². The quantitative estimate of drug-likeness (QED) is 0.157. The van der Waals surface area contributed by atoms with Crippen LogP contribution in [-0.2, 0) is 4.57 Å². The monoisotopic (exact) mass is 752 g/mol. The van der Waals surface area contributed by atoms with Crippen LogP contribution >= 0.6 is 7.82 Å². The van der Waals surface area contributed by atoms with Gasteiger partial charge in [-0.15, -0.1) is 0 Å². The zero-order chi connectivity index (χ0) is 39.7. The molecule has 1 aliphatic heterocycles. The first-order valence-corrected chi connectivity index (χ1v) is 21.7. The van der Waals surface area contributed by atoms with Crippen LogP contribution in [0.3, 0.4) is 0 Å². The fourth-order valence-electron chi connectivity index (χ4n) is 9.08. The third-order valence-electron chi connectivity index (χ3n) is 11.5. The second-order valence-corrected chi connectivity index (χ2v) is 18.6. The number of phosphoric ester groups is 1. The van der Waals surface area contributed by atoms with E-state index >= 15 is 0 Å². The Bertz CT molecular complexity index is 2330. The van der Waals surface area contributed by atoms with E-state index in [1.54, 1.807) is 0 Å². The molecule has 0 spiro atoms. The van der Waals surface area contributed by atoms with Gasteiger partial charge in [-0.25, -0.2) is 4.57 Å². The minimum Gasteiger partial charge on any atom is -0.394 e. The lowest BCUT2D eigenvalue weighted by atomic mass is 9.77. The largest absolute Gasteiger partial charge is 0.584 e. The van der Waals surface area contributed by atoms with E-state index in [4.69, 9.17) is 9.05 Å².